The molecule has 1 saturated heterocycles. The molecule has 16 heavy (non-hydrogen) atoms. The predicted molar refractivity (Wildman–Crippen MR) is 62.5 cm³/mol. The second kappa shape index (κ2) is 5.30. The highest BCUT2D eigenvalue weighted by atomic mass is 16.3. The van der Waals surface area contributed by atoms with E-state index < -0.39 is 0 Å². The summed E-state index contributed by atoms with van der Waals surface area (Å²) in [6, 6.07) is 3.69. The van der Waals surface area contributed by atoms with Gasteiger partial charge in [-0.25, -0.2) is 0 Å². The van der Waals surface area contributed by atoms with Gasteiger partial charge >= 0.3 is 0 Å². The minimum atomic E-state index is 0.00196. The summed E-state index contributed by atoms with van der Waals surface area (Å²) in [6.45, 7) is 4.67. The van der Waals surface area contributed by atoms with Crippen molar-refractivity contribution in [3.63, 3.8) is 0 Å². The molecule has 2 rings (SSSR count). The van der Waals surface area contributed by atoms with E-state index in [0.717, 1.165) is 25.4 Å². The van der Waals surface area contributed by atoms with Gasteiger partial charge in [-0.3, -0.25) is 9.69 Å². The van der Waals surface area contributed by atoms with Crippen molar-refractivity contribution in [3.05, 3.63) is 23.7 Å². The summed E-state index contributed by atoms with van der Waals surface area (Å²) in [5.74, 6) is 1.39. The Kier molecular flexibility index (Phi) is 3.78. The normalized spacial score (nSPS) is 18.3. The molecular weight excluding hydrogens is 202 g/mol. The van der Waals surface area contributed by atoms with Gasteiger partial charge < -0.3 is 4.42 Å². The van der Waals surface area contributed by atoms with Crippen molar-refractivity contribution >= 4 is 5.78 Å². The average Bonchev–Trinajstić information content (AvgIpc) is 2.56. The van der Waals surface area contributed by atoms with Crippen molar-refractivity contribution in [3.8, 4) is 0 Å². The second-order valence-corrected chi connectivity index (χ2v) is 4.51. The van der Waals surface area contributed by atoms with E-state index in [1.54, 1.807) is 6.07 Å². The van der Waals surface area contributed by atoms with Gasteiger partial charge in [-0.15, -0.1) is 0 Å². The molecule has 3 heteroatoms. The number of furan rings is 1. The fourth-order valence-electron chi connectivity index (χ4n) is 2.17. The van der Waals surface area contributed by atoms with E-state index >= 15 is 0 Å². The standard InChI is InChI=1S/C13H19NO2/c1-11(15)13-7-6-12(16-13)10-14-8-4-2-3-5-9-14/h6-7H,2-5,8-10H2,1H3. The van der Waals surface area contributed by atoms with Crippen molar-refractivity contribution in [1.29, 1.82) is 0 Å². The van der Waals surface area contributed by atoms with Crippen LogP contribution in [0.2, 0.25) is 0 Å². The summed E-state index contributed by atoms with van der Waals surface area (Å²) in [5, 5.41) is 0. The molecule has 0 spiro atoms. The van der Waals surface area contributed by atoms with Crippen LogP contribution in [0.1, 0.15) is 48.9 Å². The van der Waals surface area contributed by atoms with Crippen molar-refractivity contribution in [2.45, 2.75) is 39.2 Å². The van der Waals surface area contributed by atoms with Gasteiger partial charge in [0.25, 0.3) is 0 Å². The molecule has 88 valence electrons. The topological polar surface area (TPSA) is 33.5 Å². The third-order valence-electron chi connectivity index (χ3n) is 3.09. The summed E-state index contributed by atoms with van der Waals surface area (Å²) in [5.41, 5.74) is 0. The van der Waals surface area contributed by atoms with E-state index in [-0.39, 0.29) is 5.78 Å². The second-order valence-electron chi connectivity index (χ2n) is 4.51. The maximum Gasteiger partial charge on any atom is 0.194 e. The number of rotatable bonds is 3. The fourth-order valence-corrected chi connectivity index (χ4v) is 2.17. The molecule has 1 aromatic heterocycles. The van der Waals surface area contributed by atoms with Gasteiger partial charge in [0.15, 0.2) is 11.5 Å². The number of Topliss-reactive ketones (excluding diaryl/α,β-unsaturated/α-hetero) is 1. The highest BCUT2D eigenvalue weighted by Gasteiger charge is 2.12. The number of nitrogens with zero attached hydrogens (tertiary/aromatic N) is 1. The molecule has 1 aliphatic heterocycles. The Hall–Kier alpha value is -1.09. The third-order valence-corrected chi connectivity index (χ3v) is 3.09. The van der Waals surface area contributed by atoms with Crippen LogP contribution >= 0.6 is 0 Å². The van der Waals surface area contributed by atoms with E-state index in [1.165, 1.54) is 32.6 Å². The lowest BCUT2D eigenvalue weighted by atomic mass is 10.2. The van der Waals surface area contributed by atoms with Crippen LogP contribution in [0.5, 0.6) is 0 Å². The molecule has 1 aromatic rings. The van der Waals surface area contributed by atoms with E-state index in [9.17, 15) is 4.79 Å². The molecule has 0 N–H and O–H groups in total. The molecule has 2 heterocycles. The molecule has 0 aromatic carbocycles. The first-order chi connectivity index (χ1) is 7.75. The van der Waals surface area contributed by atoms with E-state index in [2.05, 4.69) is 4.90 Å². The van der Waals surface area contributed by atoms with E-state index in [0.29, 0.717) is 5.76 Å². The summed E-state index contributed by atoms with van der Waals surface area (Å²) >= 11 is 0. The Bertz CT molecular complexity index is 349. The van der Waals surface area contributed by atoms with Gasteiger partial charge in [-0.05, 0) is 38.1 Å². The lowest BCUT2D eigenvalue weighted by Gasteiger charge is -2.17. The number of carbonyl (C=O) groups excluding carboxylic acids is 1. The summed E-state index contributed by atoms with van der Waals surface area (Å²) in [4.78, 5) is 13.5. The minimum Gasteiger partial charge on any atom is -0.457 e. The van der Waals surface area contributed by atoms with E-state index in [1.807, 2.05) is 6.07 Å². The summed E-state index contributed by atoms with van der Waals surface area (Å²) < 4.78 is 5.50. The molecule has 0 atom stereocenters. The molecule has 0 unspecified atom stereocenters. The number of hydrogen-bond acceptors (Lipinski definition) is 3. The molecule has 0 bridgehead atoms. The van der Waals surface area contributed by atoms with Gasteiger partial charge in [0.05, 0.1) is 6.54 Å². The van der Waals surface area contributed by atoms with Gasteiger partial charge in [-0.1, -0.05) is 12.8 Å². The molecule has 0 amide bonds. The molecule has 1 fully saturated rings. The highest BCUT2D eigenvalue weighted by molar-refractivity contribution is 5.91. The molecule has 0 radical (unpaired) electrons. The number of ketones is 1. The molecule has 3 nitrogen and oxygen atoms in total. The van der Waals surface area contributed by atoms with Crippen LogP contribution in [0.15, 0.2) is 16.5 Å². The Morgan fingerprint density at radius 1 is 1.25 bits per heavy atom. The number of carbonyl (C=O) groups is 1. The number of hydrogen-bond donors (Lipinski definition) is 0. The first-order valence-corrected chi connectivity index (χ1v) is 6.08. The van der Waals surface area contributed by atoms with Crippen LogP contribution in [0.25, 0.3) is 0 Å². The van der Waals surface area contributed by atoms with Crippen LogP contribution in [-0.4, -0.2) is 23.8 Å². The van der Waals surface area contributed by atoms with Crippen molar-refractivity contribution in [2.75, 3.05) is 13.1 Å². The van der Waals surface area contributed by atoms with Crippen LogP contribution in [0, 0.1) is 0 Å². The zero-order valence-electron chi connectivity index (χ0n) is 9.87. The third kappa shape index (κ3) is 2.95. The number of likely N-dealkylation sites (tertiary alicyclic amines) is 1. The van der Waals surface area contributed by atoms with Crippen LogP contribution in [0.4, 0.5) is 0 Å². The van der Waals surface area contributed by atoms with Crippen LogP contribution in [-0.2, 0) is 6.54 Å². The summed E-state index contributed by atoms with van der Waals surface area (Å²) in [6.07, 6.45) is 5.24. The van der Waals surface area contributed by atoms with E-state index in [4.69, 9.17) is 4.42 Å². The van der Waals surface area contributed by atoms with Crippen molar-refractivity contribution in [2.24, 2.45) is 0 Å². The van der Waals surface area contributed by atoms with Crippen molar-refractivity contribution in [1.82, 2.24) is 4.90 Å². The van der Waals surface area contributed by atoms with Crippen LogP contribution in [0.3, 0.4) is 0 Å². The van der Waals surface area contributed by atoms with Gasteiger partial charge in [0.2, 0.25) is 0 Å². The maximum atomic E-state index is 11.1. The Balaban J connectivity index is 1.94. The van der Waals surface area contributed by atoms with Crippen molar-refractivity contribution < 1.29 is 9.21 Å². The summed E-state index contributed by atoms with van der Waals surface area (Å²) in [7, 11) is 0. The zero-order valence-corrected chi connectivity index (χ0v) is 9.87. The molecule has 0 aliphatic carbocycles. The van der Waals surface area contributed by atoms with Gasteiger partial charge in [0.1, 0.15) is 5.76 Å². The molecular formula is C13H19NO2. The minimum absolute atomic E-state index is 0.00196. The lowest BCUT2D eigenvalue weighted by molar-refractivity contribution is 0.0983. The first kappa shape index (κ1) is 11.4. The fraction of sp³-hybridized carbons (Fsp3) is 0.615. The Morgan fingerprint density at radius 2 is 1.94 bits per heavy atom. The van der Waals surface area contributed by atoms with Crippen LogP contribution < -0.4 is 0 Å². The first-order valence-electron chi connectivity index (χ1n) is 6.08. The quantitative estimate of drug-likeness (QED) is 0.736. The smallest absolute Gasteiger partial charge is 0.194 e. The predicted octanol–water partition coefficient (Wildman–Crippen LogP) is 2.86. The molecule has 1 aliphatic rings. The monoisotopic (exact) mass is 221 g/mol. The Labute approximate surface area is 96.4 Å². The maximum absolute atomic E-state index is 11.1. The van der Waals surface area contributed by atoms with Gasteiger partial charge in [-0.2, -0.15) is 0 Å². The lowest BCUT2D eigenvalue weighted by Crippen LogP contribution is -2.23. The SMILES string of the molecule is CC(=O)c1ccc(CN2CCCCCC2)o1. The largest absolute Gasteiger partial charge is 0.457 e. The van der Waals surface area contributed by atoms with Gasteiger partial charge in [0, 0.05) is 6.92 Å². The highest BCUT2D eigenvalue weighted by Crippen LogP contribution is 2.15. The zero-order chi connectivity index (χ0) is 11.4. The average molecular weight is 221 g/mol. The Morgan fingerprint density at radius 3 is 2.50 bits per heavy atom. The molecule has 0 saturated carbocycles.